The first-order chi connectivity index (χ1) is 5.57. The summed E-state index contributed by atoms with van der Waals surface area (Å²) in [7, 11) is 0. The second-order valence-corrected chi connectivity index (χ2v) is 2.72. The fraction of sp³-hybridized carbons (Fsp3) is 1.00. The first kappa shape index (κ1) is 12.8. The van der Waals surface area contributed by atoms with E-state index >= 15 is 0 Å². The second-order valence-electron chi connectivity index (χ2n) is 2.72. The van der Waals surface area contributed by atoms with Crippen LogP contribution in [0.5, 0.6) is 0 Å². The van der Waals surface area contributed by atoms with Crippen molar-refractivity contribution in [1.82, 2.24) is 0 Å². The fourth-order valence-corrected chi connectivity index (χ4v) is 1.08. The zero-order valence-electron chi connectivity index (χ0n) is 6.24. The summed E-state index contributed by atoms with van der Waals surface area (Å²) in [6.45, 7) is -0.526. The van der Waals surface area contributed by atoms with Gasteiger partial charge in [0.2, 0.25) is 0 Å². The molecule has 6 nitrogen and oxygen atoms in total. The molecule has 0 aliphatic carbocycles. The highest BCUT2D eigenvalue weighted by molar-refractivity contribution is 4.87. The molecule has 1 aliphatic heterocycles. The van der Waals surface area contributed by atoms with Crippen LogP contribution in [-0.4, -0.2) is 62.8 Å². The molecular formula is C7H16O6. The maximum absolute atomic E-state index is 9.12. The summed E-state index contributed by atoms with van der Waals surface area (Å²) < 4.78 is 4.58. The lowest BCUT2D eigenvalue weighted by atomic mass is 10.00. The van der Waals surface area contributed by atoms with Crippen LogP contribution in [0.1, 0.15) is 7.43 Å². The molecule has 1 fully saturated rings. The van der Waals surface area contributed by atoms with Crippen LogP contribution in [0.25, 0.3) is 0 Å². The molecule has 5 atom stereocenters. The molecule has 5 N–H and O–H groups in total. The van der Waals surface area contributed by atoms with Crippen molar-refractivity contribution in [2.45, 2.75) is 38.1 Å². The van der Waals surface area contributed by atoms with Crippen molar-refractivity contribution < 1.29 is 30.3 Å². The molecule has 0 aromatic rings. The van der Waals surface area contributed by atoms with Gasteiger partial charge in [-0.2, -0.15) is 0 Å². The van der Waals surface area contributed by atoms with Gasteiger partial charge in [-0.3, -0.25) is 0 Å². The number of rotatable bonds is 1. The SMILES string of the molecule is C.OC[C@H]1O[C@@H](O)[C@@H](O)[C@H](O)[C@H]1O. The lowest BCUT2D eigenvalue weighted by molar-refractivity contribution is -0.286. The van der Waals surface area contributed by atoms with E-state index in [1.54, 1.807) is 0 Å². The molecule has 0 bridgehead atoms. The fourth-order valence-electron chi connectivity index (χ4n) is 1.08. The van der Waals surface area contributed by atoms with Gasteiger partial charge in [0.1, 0.15) is 24.4 Å². The van der Waals surface area contributed by atoms with Gasteiger partial charge in [0, 0.05) is 0 Å². The third kappa shape index (κ3) is 2.37. The van der Waals surface area contributed by atoms with Crippen LogP contribution >= 0.6 is 0 Å². The first-order valence-corrected chi connectivity index (χ1v) is 3.56. The van der Waals surface area contributed by atoms with Gasteiger partial charge in [0.05, 0.1) is 6.61 Å². The average molecular weight is 196 g/mol. The van der Waals surface area contributed by atoms with Crippen molar-refractivity contribution in [2.24, 2.45) is 0 Å². The van der Waals surface area contributed by atoms with Gasteiger partial charge in [0.25, 0.3) is 0 Å². The van der Waals surface area contributed by atoms with Crippen molar-refractivity contribution in [3.05, 3.63) is 0 Å². The summed E-state index contributed by atoms with van der Waals surface area (Å²) in [6.07, 6.45) is -7.04. The Balaban J connectivity index is 0.00000144. The van der Waals surface area contributed by atoms with Crippen LogP contribution in [-0.2, 0) is 4.74 Å². The van der Waals surface area contributed by atoms with Crippen molar-refractivity contribution in [3.63, 3.8) is 0 Å². The zero-order chi connectivity index (χ0) is 9.30. The van der Waals surface area contributed by atoms with Crippen molar-refractivity contribution in [1.29, 1.82) is 0 Å². The van der Waals surface area contributed by atoms with Crippen LogP contribution in [0.4, 0.5) is 0 Å². The number of hydrogen-bond acceptors (Lipinski definition) is 6. The smallest absolute Gasteiger partial charge is 0.184 e. The van der Waals surface area contributed by atoms with Gasteiger partial charge < -0.3 is 30.3 Å². The molecule has 1 saturated heterocycles. The van der Waals surface area contributed by atoms with E-state index in [0.717, 1.165) is 0 Å². The number of aliphatic hydroxyl groups excluding tert-OH is 5. The van der Waals surface area contributed by atoms with E-state index in [4.69, 9.17) is 25.5 Å². The van der Waals surface area contributed by atoms with Crippen LogP contribution < -0.4 is 0 Å². The highest BCUT2D eigenvalue weighted by Crippen LogP contribution is 2.18. The molecule has 0 aromatic carbocycles. The molecule has 6 heteroatoms. The van der Waals surface area contributed by atoms with E-state index in [-0.39, 0.29) is 7.43 Å². The second kappa shape index (κ2) is 4.85. The Kier molecular flexibility index (Phi) is 4.76. The zero-order valence-corrected chi connectivity index (χ0v) is 6.24. The Labute approximate surface area is 76.0 Å². The summed E-state index contributed by atoms with van der Waals surface area (Å²) in [5.74, 6) is 0. The Morgan fingerprint density at radius 1 is 0.923 bits per heavy atom. The van der Waals surface area contributed by atoms with Gasteiger partial charge in [-0.15, -0.1) is 0 Å². The predicted molar refractivity (Wildman–Crippen MR) is 42.7 cm³/mol. The van der Waals surface area contributed by atoms with Crippen molar-refractivity contribution in [3.8, 4) is 0 Å². The van der Waals surface area contributed by atoms with E-state index in [0.29, 0.717) is 0 Å². The van der Waals surface area contributed by atoms with Gasteiger partial charge in [-0.25, -0.2) is 0 Å². The highest BCUT2D eigenvalue weighted by atomic mass is 16.6. The van der Waals surface area contributed by atoms with Gasteiger partial charge in [-0.1, -0.05) is 7.43 Å². The minimum Gasteiger partial charge on any atom is -0.394 e. The van der Waals surface area contributed by atoms with E-state index in [1.165, 1.54) is 0 Å². The van der Waals surface area contributed by atoms with E-state index < -0.39 is 37.3 Å². The molecule has 0 unspecified atom stereocenters. The monoisotopic (exact) mass is 196 g/mol. The molecule has 80 valence electrons. The van der Waals surface area contributed by atoms with Crippen LogP contribution in [0, 0.1) is 0 Å². The molecule has 1 heterocycles. The summed E-state index contributed by atoms with van der Waals surface area (Å²) in [4.78, 5) is 0. The number of aliphatic hydroxyl groups is 5. The van der Waals surface area contributed by atoms with Gasteiger partial charge >= 0.3 is 0 Å². The van der Waals surface area contributed by atoms with Crippen LogP contribution in [0.3, 0.4) is 0 Å². The maximum Gasteiger partial charge on any atom is 0.184 e. The maximum atomic E-state index is 9.12. The molecule has 13 heavy (non-hydrogen) atoms. The molecule has 0 amide bonds. The largest absolute Gasteiger partial charge is 0.394 e. The molecule has 0 aromatic heterocycles. The summed E-state index contributed by atoms with van der Waals surface area (Å²) in [5, 5.41) is 44.7. The van der Waals surface area contributed by atoms with Crippen LogP contribution in [0.2, 0.25) is 0 Å². The average Bonchev–Trinajstić information content (AvgIpc) is 2.08. The molecular weight excluding hydrogens is 180 g/mol. The summed E-state index contributed by atoms with van der Waals surface area (Å²) in [6, 6.07) is 0. The Bertz CT molecular complexity index is 147. The topological polar surface area (TPSA) is 110 Å². The van der Waals surface area contributed by atoms with E-state index in [9.17, 15) is 0 Å². The third-order valence-electron chi connectivity index (χ3n) is 1.87. The van der Waals surface area contributed by atoms with Crippen LogP contribution in [0.15, 0.2) is 0 Å². The molecule has 0 spiro atoms. The lowest BCUT2D eigenvalue weighted by Crippen LogP contribution is -2.58. The Morgan fingerprint density at radius 2 is 1.46 bits per heavy atom. The quantitative estimate of drug-likeness (QED) is 0.315. The molecule has 1 rings (SSSR count). The first-order valence-electron chi connectivity index (χ1n) is 3.56. The van der Waals surface area contributed by atoms with Crippen molar-refractivity contribution >= 4 is 0 Å². The number of ether oxygens (including phenoxy) is 1. The summed E-state index contributed by atoms with van der Waals surface area (Å²) >= 11 is 0. The van der Waals surface area contributed by atoms with E-state index in [1.807, 2.05) is 0 Å². The Morgan fingerprint density at radius 3 is 1.92 bits per heavy atom. The summed E-state index contributed by atoms with van der Waals surface area (Å²) in [5.41, 5.74) is 0. The van der Waals surface area contributed by atoms with Crippen molar-refractivity contribution in [2.75, 3.05) is 6.61 Å². The number of hydrogen-bond donors (Lipinski definition) is 5. The standard InChI is InChI=1S/C6H12O6.CH4/c7-1-2-3(8)4(9)5(10)6(11)12-2;/h2-11H,1H2;1H4/t2-,3+,4-,5+,6-;/m1./s1. The minimum absolute atomic E-state index is 0. The van der Waals surface area contributed by atoms with E-state index in [2.05, 4.69) is 4.74 Å². The highest BCUT2D eigenvalue weighted by Gasteiger charge is 2.42. The molecule has 1 aliphatic rings. The third-order valence-corrected chi connectivity index (χ3v) is 1.87. The molecule has 0 radical (unpaired) electrons. The van der Waals surface area contributed by atoms with Gasteiger partial charge in [0.15, 0.2) is 6.29 Å². The lowest BCUT2D eigenvalue weighted by Gasteiger charge is -2.37. The minimum atomic E-state index is -1.57. The molecule has 0 saturated carbocycles. The Hall–Kier alpha value is -0.240. The predicted octanol–water partition coefficient (Wildman–Crippen LogP) is -2.59. The van der Waals surface area contributed by atoms with Gasteiger partial charge in [-0.05, 0) is 0 Å². The normalized spacial score (nSPS) is 45.5.